The van der Waals surface area contributed by atoms with E-state index >= 15 is 0 Å². The fourth-order valence-electron chi connectivity index (χ4n) is 0.497. The smallest absolute Gasteiger partial charge is 0.266 e. The van der Waals surface area contributed by atoms with Gasteiger partial charge in [0.15, 0.2) is 0 Å². The van der Waals surface area contributed by atoms with Crippen LogP contribution in [0.25, 0.3) is 0 Å². The van der Waals surface area contributed by atoms with Crippen molar-refractivity contribution in [3.05, 3.63) is 11.1 Å². The second-order valence-electron chi connectivity index (χ2n) is 1.67. The van der Waals surface area contributed by atoms with Gasteiger partial charge in [-0.1, -0.05) is 11.6 Å². The van der Waals surface area contributed by atoms with Crippen LogP contribution in [0.5, 0.6) is 0 Å². The van der Waals surface area contributed by atoms with E-state index in [9.17, 15) is 4.79 Å². The number of rotatable bonds is 0. The molecule has 4 heteroatoms. The van der Waals surface area contributed by atoms with Crippen molar-refractivity contribution in [2.75, 3.05) is 0 Å². The summed E-state index contributed by atoms with van der Waals surface area (Å²) in [4.78, 5) is 13.9. The first-order chi connectivity index (χ1) is 4.20. The molecule has 1 unspecified atom stereocenters. The maximum atomic E-state index is 10.5. The van der Waals surface area contributed by atoms with Gasteiger partial charge in [0.1, 0.15) is 6.04 Å². The van der Waals surface area contributed by atoms with E-state index in [-0.39, 0.29) is 5.91 Å². The van der Waals surface area contributed by atoms with Crippen molar-refractivity contribution in [1.82, 2.24) is 0 Å². The lowest BCUT2D eigenvalue weighted by Gasteiger charge is -2.04. The third kappa shape index (κ3) is 1.37. The van der Waals surface area contributed by atoms with E-state index < -0.39 is 6.04 Å². The van der Waals surface area contributed by atoms with Crippen molar-refractivity contribution in [2.24, 2.45) is 10.7 Å². The van der Waals surface area contributed by atoms with Gasteiger partial charge in [0.05, 0.1) is 5.03 Å². The number of carbonyl (C=O) groups excluding carboxylic acids is 1. The number of aliphatic imine (C=N–C) groups is 1. The summed E-state index contributed by atoms with van der Waals surface area (Å²) >= 11 is 5.46. The molecule has 0 fully saturated rings. The van der Waals surface area contributed by atoms with Crippen LogP contribution in [0.2, 0.25) is 0 Å². The second kappa shape index (κ2) is 2.29. The number of amides is 1. The molecule has 0 bridgehead atoms. The molecule has 0 saturated heterocycles. The number of hydrogen-bond acceptors (Lipinski definition) is 2. The Labute approximate surface area is 57.2 Å². The summed E-state index contributed by atoms with van der Waals surface area (Å²) in [5.74, 6) is -0.348. The van der Waals surface area contributed by atoms with Gasteiger partial charge in [-0.25, -0.2) is 4.99 Å². The molecule has 0 aromatic carbocycles. The molecule has 1 heterocycles. The number of carbonyl (C=O) groups is 1. The first kappa shape index (κ1) is 6.45. The number of hydrogen-bond donors (Lipinski definition) is 1. The SMILES string of the molecule is NC1C=C(Cl)C=NC1=O. The Morgan fingerprint density at radius 3 is 2.89 bits per heavy atom. The monoisotopic (exact) mass is 144 g/mol. The van der Waals surface area contributed by atoms with Crippen LogP contribution < -0.4 is 5.73 Å². The van der Waals surface area contributed by atoms with Crippen molar-refractivity contribution in [2.45, 2.75) is 6.04 Å². The third-order valence-electron chi connectivity index (χ3n) is 0.939. The number of dihydropyridines is 1. The molecule has 1 atom stereocenters. The quantitative estimate of drug-likeness (QED) is 0.522. The minimum atomic E-state index is -0.650. The molecule has 1 amide bonds. The van der Waals surface area contributed by atoms with E-state index in [0.29, 0.717) is 5.03 Å². The maximum Gasteiger partial charge on any atom is 0.266 e. The average molecular weight is 145 g/mol. The molecule has 2 N–H and O–H groups in total. The Morgan fingerprint density at radius 2 is 2.44 bits per heavy atom. The summed E-state index contributed by atoms with van der Waals surface area (Å²) in [6, 6.07) is -0.650. The highest BCUT2D eigenvalue weighted by atomic mass is 35.5. The Balaban J connectivity index is 2.82. The highest BCUT2D eigenvalue weighted by Crippen LogP contribution is 2.04. The molecule has 0 radical (unpaired) electrons. The predicted octanol–water partition coefficient (Wildman–Crippen LogP) is 0.0474. The van der Waals surface area contributed by atoms with Crippen molar-refractivity contribution < 1.29 is 4.79 Å². The van der Waals surface area contributed by atoms with Crippen LogP contribution >= 0.6 is 11.6 Å². The Morgan fingerprint density at radius 1 is 1.78 bits per heavy atom. The number of nitrogens with two attached hydrogens (primary N) is 1. The summed E-state index contributed by atoms with van der Waals surface area (Å²) in [6.07, 6.45) is 2.74. The van der Waals surface area contributed by atoms with Crippen molar-refractivity contribution in [3.8, 4) is 0 Å². The fraction of sp³-hybridized carbons (Fsp3) is 0.200. The van der Waals surface area contributed by atoms with Crippen LogP contribution in [-0.4, -0.2) is 18.2 Å². The number of allylic oxidation sites excluding steroid dienone is 1. The van der Waals surface area contributed by atoms with Crippen LogP contribution in [0.15, 0.2) is 16.1 Å². The summed E-state index contributed by atoms with van der Waals surface area (Å²) in [7, 11) is 0. The molecule has 0 aromatic rings. The van der Waals surface area contributed by atoms with Gasteiger partial charge in [0.2, 0.25) is 0 Å². The van der Waals surface area contributed by atoms with E-state index in [4.69, 9.17) is 17.3 Å². The zero-order chi connectivity index (χ0) is 6.85. The van der Waals surface area contributed by atoms with Gasteiger partial charge in [-0.3, -0.25) is 4.79 Å². The van der Waals surface area contributed by atoms with Gasteiger partial charge in [-0.2, -0.15) is 0 Å². The lowest BCUT2D eigenvalue weighted by Crippen LogP contribution is -2.28. The first-order valence-corrected chi connectivity index (χ1v) is 2.79. The van der Waals surface area contributed by atoms with Crippen molar-refractivity contribution in [3.63, 3.8) is 0 Å². The average Bonchev–Trinajstić information content (AvgIpc) is 1.80. The summed E-state index contributed by atoms with van der Waals surface area (Å²) in [5, 5.41) is 0.419. The van der Waals surface area contributed by atoms with E-state index in [1.807, 2.05) is 0 Å². The van der Waals surface area contributed by atoms with Gasteiger partial charge >= 0.3 is 0 Å². The maximum absolute atomic E-state index is 10.5. The van der Waals surface area contributed by atoms with E-state index in [1.165, 1.54) is 12.3 Å². The minimum absolute atomic E-state index is 0.348. The molecule has 1 aliphatic heterocycles. The van der Waals surface area contributed by atoms with Gasteiger partial charge in [-0.05, 0) is 6.08 Å². The largest absolute Gasteiger partial charge is 0.317 e. The molecule has 1 aliphatic rings. The van der Waals surface area contributed by atoms with Crippen LogP contribution in [0, 0.1) is 0 Å². The second-order valence-corrected chi connectivity index (χ2v) is 2.11. The molecule has 48 valence electrons. The molecule has 0 spiro atoms. The Bertz CT molecular complexity index is 197. The summed E-state index contributed by atoms with van der Waals surface area (Å²) in [6.45, 7) is 0. The van der Waals surface area contributed by atoms with Crippen LogP contribution in [0.4, 0.5) is 0 Å². The topological polar surface area (TPSA) is 55.4 Å². The molecule has 1 rings (SSSR count). The first-order valence-electron chi connectivity index (χ1n) is 2.41. The van der Waals surface area contributed by atoms with Crippen molar-refractivity contribution in [1.29, 1.82) is 0 Å². The summed E-state index contributed by atoms with van der Waals surface area (Å²) < 4.78 is 0. The van der Waals surface area contributed by atoms with Crippen molar-refractivity contribution >= 4 is 23.7 Å². The molecule has 0 saturated carbocycles. The standard InChI is InChI=1S/C5H5ClN2O/c6-3-1-4(7)5(9)8-2-3/h1-2,4H,7H2. The van der Waals surface area contributed by atoms with E-state index in [1.54, 1.807) is 0 Å². The zero-order valence-electron chi connectivity index (χ0n) is 4.54. The molecule has 0 aliphatic carbocycles. The molecule has 9 heavy (non-hydrogen) atoms. The molecular formula is C5H5ClN2O. The predicted molar refractivity (Wildman–Crippen MR) is 35.4 cm³/mol. The van der Waals surface area contributed by atoms with Crippen LogP contribution in [0.3, 0.4) is 0 Å². The normalized spacial score (nSPS) is 26.2. The van der Waals surface area contributed by atoms with Gasteiger partial charge in [0, 0.05) is 6.21 Å². The number of nitrogens with zero attached hydrogens (tertiary/aromatic N) is 1. The number of halogens is 1. The zero-order valence-corrected chi connectivity index (χ0v) is 5.30. The van der Waals surface area contributed by atoms with E-state index in [2.05, 4.69) is 4.99 Å². The minimum Gasteiger partial charge on any atom is -0.317 e. The Hall–Kier alpha value is -0.670. The van der Waals surface area contributed by atoms with Gasteiger partial charge in [-0.15, -0.1) is 0 Å². The van der Waals surface area contributed by atoms with Gasteiger partial charge < -0.3 is 5.73 Å². The molecule has 3 nitrogen and oxygen atoms in total. The lowest BCUT2D eigenvalue weighted by molar-refractivity contribution is -0.118. The molecule has 0 aromatic heterocycles. The highest BCUT2D eigenvalue weighted by molar-refractivity contribution is 6.40. The highest BCUT2D eigenvalue weighted by Gasteiger charge is 2.12. The molecular weight excluding hydrogens is 140 g/mol. The lowest BCUT2D eigenvalue weighted by atomic mass is 10.2. The Kier molecular flexibility index (Phi) is 1.64. The van der Waals surface area contributed by atoms with Crippen LogP contribution in [-0.2, 0) is 4.79 Å². The fourth-order valence-corrected chi connectivity index (χ4v) is 0.682. The van der Waals surface area contributed by atoms with E-state index in [0.717, 1.165) is 0 Å². The van der Waals surface area contributed by atoms with Crippen LogP contribution in [0.1, 0.15) is 0 Å². The third-order valence-corrected chi connectivity index (χ3v) is 1.16. The summed E-state index contributed by atoms with van der Waals surface area (Å²) in [5.41, 5.74) is 5.24. The van der Waals surface area contributed by atoms with Gasteiger partial charge in [0.25, 0.3) is 5.91 Å².